The first-order valence-corrected chi connectivity index (χ1v) is 9.93. The molecular weight excluding hydrogens is 332 g/mol. The van der Waals surface area contributed by atoms with E-state index in [2.05, 4.69) is 19.2 Å². The first kappa shape index (κ1) is 18.7. The number of anilines is 1. The number of nitrogens with one attached hydrogen (secondary N) is 1. The average Bonchev–Trinajstić information content (AvgIpc) is 2.51. The highest BCUT2D eigenvalue weighted by atomic mass is 32.2. The fourth-order valence-electron chi connectivity index (χ4n) is 3.14. The summed E-state index contributed by atoms with van der Waals surface area (Å²) in [5.74, 6) is 0.733. The standard InChI is InChI=1S/C16H24N2O5S/c1-11(2)16-12(5-4-8-23-16)10-17-13-6-7-14(18(19)20)15(9-13)24(3,21)22/h6-7,9,11-12,16-17H,4-5,8,10H2,1-3H3. The molecule has 1 aliphatic rings. The van der Waals surface area contributed by atoms with E-state index in [1.807, 2.05) is 0 Å². The molecule has 2 unspecified atom stereocenters. The van der Waals surface area contributed by atoms with Crippen LogP contribution in [0.5, 0.6) is 0 Å². The van der Waals surface area contributed by atoms with E-state index in [9.17, 15) is 18.5 Å². The maximum absolute atomic E-state index is 11.8. The molecule has 0 aromatic heterocycles. The van der Waals surface area contributed by atoms with Crippen molar-refractivity contribution in [2.45, 2.75) is 37.7 Å². The third kappa shape index (κ3) is 4.45. The van der Waals surface area contributed by atoms with Crippen LogP contribution in [0.25, 0.3) is 0 Å². The maximum atomic E-state index is 11.8. The van der Waals surface area contributed by atoms with E-state index in [-0.39, 0.29) is 11.0 Å². The second-order valence-electron chi connectivity index (χ2n) is 6.57. The van der Waals surface area contributed by atoms with E-state index in [0.717, 1.165) is 25.7 Å². The normalized spacial score (nSPS) is 21.7. The largest absolute Gasteiger partial charge is 0.385 e. The fourth-order valence-corrected chi connectivity index (χ4v) is 4.00. The number of sulfone groups is 1. The summed E-state index contributed by atoms with van der Waals surface area (Å²) in [5.41, 5.74) is 0.165. The zero-order valence-corrected chi connectivity index (χ0v) is 15.0. The molecule has 1 aromatic rings. The van der Waals surface area contributed by atoms with Gasteiger partial charge in [0.05, 0.1) is 11.0 Å². The predicted octanol–water partition coefficient (Wildman–Crippen LogP) is 2.86. The Morgan fingerprint density at radius 2 is 2.12 bits per heavy atom. The molecule has 1 aliphatic heterocycles. The number of rotatable bonds is 6. The van der Waals surface area contributed by atoms with Gasteiger partial charge in [0.1, 0.15) is 4.90 Å². The molecule has 134 valence electrons. The highest BCUT2D eigenvalue weighted by Crippen LogP contribution is 2.29. The van der Waals surface area contributed by atoms with Crippen LogP contribution in [-0.4, -0.2) is 38.9 Å². The van der Waals surface area contributed by atoms with E-state index in [1.165, 1.54) is 12.1 Å². The van der Waals surface area contributed by atoms with Crippen molar-refractivity contribution in [3.8, 4) is 0 Å². The molecule has 24 heavy (non-hydrogen) atoms. The van der Waals surface area contributed by atoms with Crippen molar-refractivity contribution in [2.75, 3.05) is 24.7 Å². The van der Waals surface area contributed by atoms with Crippen molar-refractivity contribution in [3.05, 3.63) is 28.3 Å². The van der Waals surface area contributed by atoms with Gasteiger partial charge < -0.3 is 10.1 Å². The quantitative estimate of drug-likeness (QED) is 0.621. The Bertz CT molecular complexity index is 702. The summed E-state index contributed by atoms with van der Waals surface area (Å²) in [6, 6.07) is 4.11. The molecule has 0 bridgehead atoms. The Labute approximate surface area is 142 Å². The Morgan fingerprint density at radius 3 is 2.71 bits per heavy atom. The molecule has 1 N–H and O–H groups in total. The van der Waals surface area contributed by atoms with Gasteiger partial charge in [-0.15, -0.1) is 0 Å². The van der Waals surface area contributed by atoms with Gasteiger partial charge >= 0.3 is 0 Å². The average molecular weight is 356 g/mol. The molecule has 1 saturated heterocycles. The highest BCUT2D eigenvalue weighted by molar-refractivity contribution is 7.90. The Morgan fingerprint density at radius 1 is 1.42 bits per heavy atom. The van der Waals surface area contributed by atoms with E-state index in [0.29, 0.717) is 24.1 Å². The minimum atomic E-state index is -3.67. The maximum Gasteiger partial charge on any atom is 0.288 e. The van der Waals surface area contributed by atoms with Crippen molar-refractivity contribution >= 4 is 21.2 Å². The highest BCUT2D eigenvalue weighted by Gasteiger charge is 2.28. The minimum Gasteiger partial charge on any atom is -0.385 e. The van der Waals surface area contributed by atoms with Crippen LogP contribution in [0.4, 0.5) is 11.4 Å². The molecule has 2 rings (SSSR count). The van der Waals surface area contributed by atoms with E-state index >= 15 is 0 Å². The van der Waals surface area contributed by atoms with E-state index in [4.69, 9.17) is 4.74 Å². The number of hydrogen-bond donors (Lipinski definition) is 1. The lowest BCUT2D eigenvalue weighted by Gasteiger charge is -2.34. The van der Waals surface area contributed by atoms with E-state index < -0.39 is 20.4 Å². The Balaban J connectivity index is 2.17. The van der Waals surface area contributed by atoms with Gasteiger partial charge in [0.25, 0.3) is 5.69 Å². The number of benzene rings is 1. The molecule has 1 aromatic carbocycles. The topological polar surface area (TPSA) is 98.5 Å². The van der Waals surface area contributed by atoms with Gasteiger partial charge in [-0.2, -0.15) is 0 Å². The molecule has 1 fully saturated rings. The van der Waals surface area contributed by atoms with Crippen LogP contribution in [0.2, 0.25) is 0 Å². The van der Waals surface area contributed by atoms with Gasteiger partial charge in [-0.3, -0.25) is 10.1 Å². The van der Waals surface area contributed by atoms with Crippen LogP contribution >= 0.6 is 0 Å². The molecule has 0 radical (unpaired) electrons. The molecular formula is C16H24N2O5S. The molecule has 0 saturated carbocycles. The number of nitro groups is 1. The first-order chi connectivity index (χ1) is 11.2. The molecule has 7 nitrogen and oxygen atoms in total. The first-order valence-electron chi connectivity index (χ1n) is 8.04. The number of hydrogen-bond acceptors (Lipinski definition) is 6. The summed E-state index contributed by atoms with van der Waals surface area (Å²) in [7, 11) is -3.67. The van der Waals surface area contributed by atoms with Crippen LogP contribution in [0.1, 0.15) is 26.7 Å². The second kappa shape index (κ2) is 7.48. The van der Waals surface area contributed by atoms with Gasteiger partial charge in [0, 0.05) is 37.1 Å². The summed E-state index contributed by atoms with van der Waals surface area (Å²) in [6.07, 6.45) is 3.19. The van der Waals surface area contributed by atoms with Crippen molar-refractivity contribution < 1.29 is 18.1 Å². The van der Waals surface area contributed by atoms with Crippen LogP contribution < -0.4 is 5.32 Å². The number of nitro benzene ring substituents is 1. The molecule has 0 aliphatic carbocycles. The molecule has 2 atom stereocenters. The van der Waals surface area contributed by atoms with Gasteiger partial charge in [-0.05, 0) is 30.9 Å². The zero-order valence-electron chi connectivity index (χ0n) is 14.2. The van der Waals surface area contributed by atoms with Crippen molar-refractivity contribution in [2.24, 2.45) is 11.8 Å². The van der Waals surface area contributed by atoms with Crippen molar-refractivity contribution in [3.63, 3.8) is 0 Å². The second-order valence-corrected chi connectivity index (χ2v) is 8.56. The van der Waals surface area contributed by atoms with Crippen LogP contribution in [0.3, 0.4) is 0 Å². The van der Waals surface area contributed by atoms with E-state index in [1.54, 1.807) is 6.07 Å². The SMILES string of the molecule is CC(C)C1OCCCC1CNc1ccc([N+](=O)[O-])c(S(C)(=O)=O)c1. The zero-order chi connectivity index (χ0) is 17.9. The summed E-state index contributed by atoms with van der Waals surface area (Å²) in [4.78, 5) is 10.1. The Hall–Kier alpha value is -1.67. The third-order valence-corrected chi connectivity index (χ3v) is 5.40. The van der Waals surface area contributed by atoms with Crippen LogP contribution in [0, 0.1) is 22.0 Å². The predicted molar refractivity (Wildman–Crippen MR) is 92.0 cm³/mol. The summed E-state index contributed by atoms with van der Waals surface area (Å²) in [6.45, 7) is 5.66. The lowest BCUT2D eigenvalue weighted by Crippen LogP contribution is -2.37. The fraction of sp³-hybridized carbons (Fsp3) is 0.625. The molecule has 0 amide bonds. The van der Waals surface area contributed by atoms with Crippen molar-refractivity contribution in [1.29, 1.82) is 0 Å². The molecule has 1 heterocycles. The summed E-state index contributed by atoms with van der Waals surface area (Å²) >= 11 is 0. The number of nitrogens with zero attached hydrogens (tertiary/aromatic N) is 1. The van der Waals surface area contributed by atoms with Gasteiger partial charge in [0.15, 0.2) is 9.84 Å². The molecule has 0 spiro atoms. The lowest BCUT2D eigenvalue weighted by atomic mass is 9.87. The van der Waals surface area contributed by atoms with Crippen LogP contribution in [0.15, 0.2) is 23.1 Å². The molecule has 8 heteroatoms. The minimum absolute atomic E-state index is 0.165. The smallest absolute Gasteiger partial charge is 0.288 e. The Kier molecular flexibility index (Phi) is 5.82. The van der Waals surface area contributed by atoms with Gasteiger partial charge in [-0.1, -0.05) is 13.8 Å². The number of ether oxygens (including phenoxy) is 1. The van der Waals surface area contributed by atoms with Gasteiger partial charge in [0.2, 0.25) is 0 Å². The van der Waals surface area contributed by atoms with Gasteiger partial charge in [-0.25, -0.2) is 8.42 Å². The monoisotopic (exact) mass is 356 g/mol. The lowest BCUT2D eigenvalue weighted by molar-refractivity contribution is -0.387. The van der Waals surface area contributed by atoms with Crippen molar-refractivity contribution in [1.82, 2.24) is 0 Å². The third-order valence-electron chi connectivity index (χ3n) is 4.28. The van der Waals surface area contributed by atoms with Crippen LogP contribution in [-0.2, 0) is 14.6 Å². The summed E-state index contributed by atoms with van der Waals surface area (Å²) in [5, 5.41) is 14.2. The summed E-state index contributed by atoms with van der Waals surface area (Å²) < 4.78 is 29.5.